The Balaban J connectivity index is 1.77. The third-order valence-electron chi connectivity index (χ3n) is 3.52. The standard InChI is InChI=1S/C16H15ClN2O4S/c17-12-2-1-3-15(10-12)24(21,22)18-13-4-6-14(7-5-13)19-8-9-23-11-16(19)20/h1-7,10,18H,8-9,11H2. The fourth-order valence-electron chi connectivity index (χ4n) is 2.35. The number of rotatable bonds is 4. The molecule has 0 atom stereocenters. The summed E-state index contributed by atoms with van der Waals surface area (Å²) in [4.78, 5) is 13.5. The molecule has 0 bridgehead atoms. The van der Waals surface area contributed by atoms with E-state index in [1.54, 1.807) is 41.3 Å². The van der Waals surface area contributed by atoms with Crippen molar-refractivity contribution < 1.29 is 17.9 Å². The predicted octanol–water partition coefficient (Wildman–Crippen LogP) is 2.50. The molecule has 1 fully saturated rings. The summed E-state index contributed by atoms with van der Waals surface area (Å²) >= 11 is 5.83. The van der Waals surface area contributed by atoms with Gasteiger partial charge in [0, 0.05) is 22.9 Å². The Morgan fingerprint density at radius 1 is 1.12 bits per heavy atom. The van der Waals surface area contributed by atoms with Crippen molar-refractivity contribution in [3.63, 3.8) is 0 Å². The van der Waals surface area contributed by atoms with Gasteiger partial charge in [0.1, 0.15) is 6.61 Å². The lowest BCUT2D eigenvalue weighted by atomic mass is 10.2. The number of morpholine rings is 1. The van der Waals surface area contributed by atoms with E-state index in [9.17, 15) is 13.2 Å². The van der Waals surface area contributed by atoms with Gasteiger partial charge >= 0.3 is 0 Å². The van der Waals surface area contributed by atoms with Crippen LogP contribution in [0.2, 0.25) is 5.02 Å². The second kappa shape index (κ2) is 6.80. The zero-order valence-corrected chi connectivity index (χ0v) is 14.2. The van der Waals surface area contributed by atoms with Gasteiger partial charge in [-0.15, -0.1) is 0 Å². The van der Waals surface area contributed by atoms with Crippen molar-refractivity contribution in [1.82, 2.24) is 0 Å². The number of ether oxygens (including phenoxy) is 1. The summed E-state index contributed by atoms with van der Waals surface area (Å²) in [6, 6.07) is 12.6. The van der Waals surface area contributed by atoms with Gasteiger partial charge in [0.05, 0.1) is 11.5 Å². The Morgan fingerprint density at radius 3 is 2.54 bits per heavy atom. The molecule has 3 rings (SSSR count). The Labute approximate surface area is 145 Å². The lowest BCUT2D eigenvalue weighted by Crippen LogP contribution is -2.41. The number of carbonyl (C=O) groups is 1. The third kappa shape index (κ3) is 3.69. The van der Waals surface area contributed by atoms with E-state index in [1.165, 1.54) is 12.1 Å². The molecule has 0 aromatic heterocycles. The molecule has 24 heavy (non-hydrogen) atoms. The van der Waals surface area contributed by atoms with Crippen LogP contribution in [0.3, 0.4) is 0 Å². The second-order valence-corrected chi connectivity index (χ2v) is 7.33. The lowest BCUT2D eigenvalue weighted by Gasteiger charge is -2.26. The smallest absolute Gasteiger partial charge is 0.261 e. The minimum Gasteiger partial charge on any atom is -0.370 e. The van der Waals surface area contributed by atoms with E-state index >= 15 is 0 Å². The van der Waals surface area contributed by atoms with Crippen LogP contribution in [0.4, 0.5) is 11.4 Å². The van der Waals surface area contributed by atoms with E-state index in [0.717, 1.165) is 0 Å². The highest BCUT2D eigenvalue weighted by molar-refractivity contribution is 7.92. The van der Waals surface area contributed by atoms with Gasteiger partial charge < -0.3 is 9.64 Å². The van der Waals surface area contributed by atoms with E-state index in [2.05, 4.69) is 4.72 Å². The van der Waals surface area contributed by atoms with Crippen LogP contribution in [-0.4, -0.2) is 34.1 Å². The number of halogens is 1. The maximum atomic E-state index is 12.3. The highest BCUT2D eigenvalue weighted by Gasteiger charge is 2.20. The van der Waals surface area contributed by atoms with Crippen LogP contribution in [0, 0.1) is 0 Å². The molecule has 126 valence electrons. The first-order valence-corrected chi connectivity index (χ1v) is 9.08. The molecule has 1 saturated heterocycles. The molecule has 0 aliphatic carbocycles. The summed E-state index contributed by atoms with van der Waals surface area (Å²) in [7, 11) is -3.72. The van der Waals surface area contributed by atoms with E-state index in [-0.39, 0.29) is 17.4 Å². The topological polar surface area (TPSA) is 75.7 Å². The van der Waals surface area contributed by atoms with Gasteiger partial charge in [0.25, 0.3) is 15.9 Å². The molecule has 1 aliphatic rings. The number of amides is 1. The lowest BCUT2D eigenvalue weighted by molar-refractivity contribution is -0.125. The predicted molar refractivity (Wildman–Crippen MR) is 91.9 cm³/mol. The van der Waals surface area contributed by atoms with Crippen molar-refractivity contribution in [3.8, 4) is 0 Å². The number of nitrogens with one attached hydrogen (secondary N) is 1. The van der Waals surface area contributed by atoms with Crippen LogP contribution in [0.5, 0.6) is 0 Å². The molecule has 8 heteroatoms. The van der Waals surface area contributed by atoms with Crippen LogP contribution in [-0.2, 0) is 19.6 Å². The number of carbonyl (C=O) groups excluding carboxylic acids is 1. The van der Waals surface area contributed by atoms with Gasteiger partial charge in [-0.3, -0.25) is 9.52 Å². The number of sulfonamides is 1. The van der Waals surface area contributed by atoms with Crippen molar-refractivity contribution in [3.05, 3.63) is 53.6 Å². The summed E-state index contributed by atoms with van der Waals surface area (Å²) in [5.41, 5.74) is 1.11. The average molecular weight is 367 g/mol. The number of hydrogen-bond donors (Lipinski definition) is 1. The molecule has 1 aliphatic heterocycles. The maximum Gasteiger partial charge on any atom is 0.261 e. The Kier molecular flexibility index (Phi) is 4.75. The van der Waals surface area contributed by atoms with Crippen molar-refractivity contribution in [2.75, 3.05) is 29.4 Å². The summed E-state index contributed by atoms with van der Waals surface area (Å²) < 4.78 is 32.3. The summed E-state index contributed by atoms with van der Waals surface area (Å²) in [6.45, 7) is 1.02. The molecular weight excluding hydrogens is 352 g/mol. The van der Waals surface area contributed by atoms with Crippen LogP contribution in [0.1, 0.15) is 0 Å². The molecule has 0 unspecified atom stereocenters. The summed E-state index contributed by atoms with van der Waals surface area (Å²) in [6.07, 6.45) is 0. The van der Waals surface area contributed by atoms with Crippen LogP contribution in [0.25, 0.3) is 0 Å². The molecular formula is C16H15ClN2O4S. The first-order valence-electron chi connectivity index (χ1n) is 7.22. The molecule has 6 nitrogen and oxygen atoms in total. The Bertz CT molecular complexity index is 853. The van der Waals surface area contributed by atoms with Gasteiger partial charge in [-0.1, -0.05) is 17.7 Å². The fourth-order valence-corrected chi connectivity index (χ4v) is 3.71. The number of benzene rings is 2. The van der Waals surface area contributed by atoms with E-state index in [0.29, 0.717) is 29.5 Å². The Hall–Kier alpha value is -2.09. The SMILES string of the molecule is O=C1COCCN1c1ccc(NS(=O)(=O)c2cccc(Cl)c2)cc1. The average Bonchev–Trinajstić information content (AvgIpc) is 2.56. The van der Waals surface area contributed by atoms with E-state index < -0.39 is 10.0 Å². The van der Waals surface area contributed by atoms with Crippen molar-refractivity contribution in [1.29, 1.82) is 0 Å². The normalized spacial score (nSPS) is 15.4. The van der Waals surface area contributed by atoms with Crippen molar-refractivity contribution in [2.24, 2.45) is 0 Å². The van der Waals surface area contributed by atoms with Gasteiger partial charge in [-0.25, -0.2) is 8.42 Å². The second-order valence-electron chi connectivity index (χ2n) is 5.21. The largest absolute Gasteiger partial charge is 0.370 e. The number of nitrogens with zero attached hydrogens (tertiary/aromatic N) is 1. The number of hydrogen-bond acceptors (Lipinski definition) is 4. The monoisotopic (exact) mass is 366 g/mol. The highest BCUT2D eigenvalue weighted by atomic mass is 35.5. The van der Waals surface area contributed by atoms with Crippen molar-refractivity contribution in [2.45, 2.75) is 4.90 Å². The van der Waals surface area contributed by atoms with Crippen LogP contribution >= 0.6 is 11.6 Å². The fraction of sp³-hybridized carbons (Fsp3) is 0.188. The molecule has 2 aromatic carbocycles. The van der Waals surface area contributed by atoms with Gasteiger partial charge in [-0.2, -0.15) is 0 Å². The molecule has 0 radical (unpaired) electrons. The van der Waals surface area contributed by atoms with E-state index in [4.69, 9.17) is 16.3 Å². The molecule has 0 spiro atoms. The maximum absolute atomic E-state index is 12.3. The first kappa shape index (κ1) is 16.8. The molecule has 0 saturated carbocycles. The molecule has 2 aromatic rings. The molecule has 1 N–H and O–H groups in total. The summed E-state index contributed by atoms with van der Waals surface area (Å²) in [5, 5.41) is 0.346. The van der Waals surface area contributed by atoms with Gasteiger partial charge in [-0.05, 0) is 42.5 Å². The minimum absolute atomic E-state index is 0.0587. The third-order valence-corrected chi connectivity index (χ3v) is 5.14. The molecule has 1 amide bonds. The number of anilines is 2. The molecule has 1 heterocycles. The first-order chi connectivity index (χ1) is 11.5. The summed E-state index contributed by atoms with van der Waals surface area (Å²) in [5.74, 6) is -0.117. The zero-order valence-electron chi connectivity index (χ0n) is 12.6. The quantitative estimate of drug-likeness (QED) is 0.902. The minimum atomic E-state index is -3.72. The van der Waals surface area contributed by atoms with Crippen LogP contribution < -0.4 is 9.62 Å². The van der Waals surface area contributed by atoms with Gasteiger partial charge in [0.2, 0.25) is 0 Å². The van der Waals surface area contributed by atoms with Crippen molar-refractivity contribution >= 4 is 38.9 Å². The van der Waals surface area contributed by atoms with Gasteiger partial charge in [0.15, 0.2) is 0 Å². The Morgan fingerprint density at radius 2 is 1.88 bits per heavy atom. The van der Waals surface area contributed by atoms with E-state index in [1.807, 2.05) is 0 Å². The van der Waals surface area contributed by atoms with Crippen LogP contribution in [0.15, 0.2) is 53.4 Å². The zero-order chi connectivity index (χ0) is 17.2. The highest BCUT2D eigenvalue weighted by Crippen LogP contribution is 2.23.